The van der Waals surface area contributed by atoms with Crippen LogP contribution in [-0.2, 0) is 4.79 Å². The Labute approximate surface area is 111 Å². The number of nitrogens with zero attached hydrogens (tertiary/aromatic N) is 1. The number of nitrogens with one attached hydrogen (secondary N) is 1. The van der Waals surface area contributed by atoms with Gasteiger partial charge in [-0.25, -0.2) is 0 Å². The first kappa shape index (κ1) is 16.2. The fourth-order valence-electron chi connectivity index (χ4n) is 2.09. The molecule has 0 aromatic heterocycles. The summed E-state index contributed by atoms with van der Waals surface area (Å²) in [6.45, 7) is 3.54. The van der Waals surface area contributed by atoms with Crippen molar-refractivity contribution in [1.29, 1.82) is 0 Å². The van der Waals surface area contributed by atoms with E-state index in [1.54, 1.807) is 0 Å². The third-order valence-corrected chi connectivity index (χ3v) is 3.36. The second kappa shape index (κ2) is 6.56. The highest BCUT2D eigenvalue weighted by Gasteiger charge is 2.33. The van der Waals surface area contributed by atoms with Crippen LogP contribution in [0.4, 0.5) is 13.2 Å². The van der Waals surface area contributed by atoms with Crippen molar-refractivity contribution in [3.05, 3.63) is 0 Å². The molecule has 4 nitrogen and oxygen atoms in total. The highest BCUT2D eigenvalue weighted by atomic mass is 19.4. The molecule has 1 rings (SSSR count). The van der Waals surface area contributed by atoms with E-state index in [4.69, 9.17) is 5.73 Å². The quantitative estimate of drug-likeness (QED) is 0.811. The Morgan fingerprint density at radius 1 is 1.37 bits per heavy atom. The van der Waals surface area contributed by atoms with Crippen LogP contribution >= 0.6 is 0 Å². The van der Waals surface area contributed by atoms with Crippen LogP contribution in [0.5, 0.6) is 0 Å². The van der Waals surface area contributed by atoms with Gasteiger partial charge >= 0.3 is 6.18 Å². The minimum atomic E-state index is -4.16. The van der Waals surface area contributed by atoms with Crippen LogP contribution in [0.15, 0.2) is 0 Å². The zero-order valence-electron chi connectivity index (χ0n) is 11.3. The van der Waals surface area contributed by atoms with E-state index < -0.39 is 18.8 Å². The van der Waals surface area contributed by atoms with E-state index in [-0.39, 0.29) is 17.9 Å². The summed E-state index contributed by atoms with van der Waals surface area (Å²) in [6, 6.07) is -0.630. The van der Waals surface area contributed by atoms with Crippen molar-refractivity contribution in [2.45, 2.75) is 44.9 Å². The second-order valence-electron chi connectivity index (χ2n) is 5.44. The van der Waals surface area contributed by atoms with Crippen molar-refractivity contribution in [1.82, 2.24) is 10.2 Å². The first-order chi connectivity index (χ1) is 8.69. The number of carbonyl (C=O) groups is 1. The van der Waals surface area contributed by atoms with Crippen LogP contribution in [0.3, 0.4) is 0 Å². The van der Waals surface area contributed by atoms with Crippen LogP contribution in [0.2, 0.25) is 0 Å². The monoisotopic (exact) mass is 281 g/mol. The predicted molar refractivity (Wildman–Crippen MR) is 66.5 cm³/mol. The highest BCUT2D eigenvalue weighted by molar-refractivity contribution is 5.82. The molecule has 1 heterocycles. The average Bonchev–Trinajstić information content (AvgIpc) is 2.28. The molecule has 19 heavy (non-hydrogen) atoms. The lowest BCUT2D eigenvalue weighted by molar-refractivity contribution is -0.148. The molecule has 1 atom stereocenters. The van der Waals surface area contributed by atoms with E-state index in [1.807, 2.05) is 13.8 Å². The fourth-order valence-corrected chi connectivity index (χ4v) is 2.09. The summed E-state index contributed by atoms with van der Waals surface area (Å²) in [4.78, 5) is 13.1. The lowest BCUT2D eigenvalue weighted by Gasteiger charge is -2.33. The van der Waals surface area contributed by atoms with E-state index in [2.05, 4.69) is 5.32 Å². The molecular formula is C12H22F3N3O. The molecule has 0 spiro atoms. The van der Waals surface area contributed by atoms with Gasteiger partial charge in [-0.05, 0) is 18.8 Å². The molecule has 0 aromatic rings. The van der Waals surface area contributed by atoms with Gasteiger partial charge in [-0.1, -0.05) is 13.8 Å². The number of hydrogen-bond acceptors (Lipinski definition) is 3. The molecule has 7 heteroatoms. The third kappa shape index (κ3) is 5.78. The molecule has 0 aliphatic carbocycles. The number of alkyl halides is 3. The molecule has 1 amide bonds. The SMILES string of the molecule is CC(C)[C@H](N)C(=O)NC1CCN(CC(F)(F)F)CC1. The fraction of sp³-hybridized carbons (Fsp3) is 0.917. The van der Waals surface area contributed by atoms with Crippen molar-refractivity contribution >= 4 is 5.91 Å². The summed E-state index contributed by atoms with van der Waals surface area (Å²) < 4.78 is 36.6. The molecule has 1 saturated heterocycles. The zero-order chi connectivity index (χ0) is 14.6. The maximum Gasteiger partial charge on any atom is 0.401 e. The van der Waals surface area contributed by atoms with Gasteiger partial charge in [0.2, 0.25) is 5.91 Å². The van der Waals surface area contributed by atoms with Gasteiger partial charge in [-0.2, -0.15) is 13.2 Å². The molecular weight excluding hydrogens is 259 g/mol. The van der Waals surface area contributed by atoms with Crippen molar-refractivity contribution in [3.8, 4) is 0 Å². The predicted octanol–water partition coefficient (Wildman–Crippen LogP) is 1.11. The van der Waals surface area contributed by atoms with Crippen molar-refractivity contribution in [2.24, 2.45) is 11.7 Å². The number of hydrogen-bond donors (Lipinski definition) is 2. The van der Waals surface area contributed by atoms with Crippen molar-refractivity contribution in [3.63, 3.8) is 0 Å². The van der Waals surface area contributed by atoms with E-state index >= 15 is 0 Å². The van der Waals surface area contributed by atoms with Gasteiger partial charge in [0.05, 0.1) is 12.6 Å². The number of rotatable bonds is 4. The summed E-state index contributed by atoms with van der Waals surface area (Å²) in [5.74, 6) is -0.172. The van der Waals surface area contributed by atoms with Crippen LogP contribution in [0, 0.1) is 5.92 Å². The molecule has 1 aliphatic rings. The van der Waals surface area contributed by atoms with Gasteiger partial charge in [-0.3, -0.25) is 9.69 Å². The van der Waals surface area contributed by atoms with Crippen LogP contribution in [0.1, 0.15) is 26.7 Å². The summed E-state index contributed by atoms with van der Waals surface area (Å²) in [5, 5.41) is 2.81. The first-order valence-electron chi connectivity index (χ1n) is 6.54. The van der Waals surface area contributed by atoms with Crippen LogP contribution in [-0.4, -0.2) is 48.7 Å². The Bertz CT molecular complexity index is 299. The van der Waals surface area contributed by atoms with E-state index in [0.717, 1.165) is 0 Å². The Morgan fingerprint density at radius 3 is 2.32 bits per heavy atom. The molecule has 1 fully saturated rings. The van der Waals surface area contributed by atoms with Gasteiger partial charge in [0, 0.05) is 19.1 Å². The number of halogens is 3. The topological polar surface area (TPSA) is 58.4 Å². The first-order valence-corrected chi connectivity index (χ1v) is 6.54. The summed E-state index contributed by atoms with van der Waals surface area (Å²) in [5.41, 5.74) is 5.72. The Morgan fingerprint density at radius 2 is 1.89 bits per heavy atom. The molecule has 0 aromatic carbocycles. The number of amides is 1. The third-order valence-electron chi connectivity index (χ3n) is 3.36. The van der Waals surface area contributed by atoms with Crippen molar-refractivity contribution < 1.29 is 18.0 Å². The maximum absolute atomic E-state index is 12.2. The molecule has 112 valence electrons. The van der Waals surface area contributed by atoms with E-state index in [1.165, 1.54) is 4.90 Å². The number of likely N-dealkylation sites (tertiary alicyclic amines) is 1. The van der Waals surface area contributed by atoms with Crippen LogP contribution < -0.4 is 11.1 Å². The van der Waals surface area contributed by atoms with Gasteiger partial charge in [-0.15, -0.1) is 0 Å². The number of piperidine rings is 1. The van der Waals surface area contributed by atoms with Gasteiger partial charge < -0.3 is 11.1 Å². The van der Waals surface area contributed by atoms with Gasteiger partial charge in [0.15, 0.2) is 0 Å². The summed E-state index contributed by atoms with van der Waals surface area (Å²) in [6.07, 6.45) is -3.09. The minimum absolute atomic E-state index is 0.0466. The Kier molecular flexibility index (Phi) is 5.61. The van der Waals surface area contributed by atoms with E-state index in [0.29, 0.717) is 25.9 Å². The summed E-state index contributed by atoms with van der Waals surface area (Å²) in [7, 11) is 0. The Balaban J connectivity index is 2.32. The Hall–Kier alpha value is -0.820. The number of carbonyl (C=O) groups excluding carboxylic acids is 1. The average molecular weight is 281 g/mol. The maximum atomic E-state index is 12.2. The molecule has 0 unspecified atom stereocenters. The smallest absolute Gasteiger partial charge is 0.352 e. The summed E-state index contributed by atoms with van der Waals surface area (Å²) >= 11 is 0. The second-order valence-corrected chi connectivity index (χ2v) is 5.44. The van der Waals surface area contributed by atoms with Crippen LogP contribution in [0.25, 0.3) is 0 Å². The standard InChI is InChI=1S/C12H22F3N3O/c1-8(2)10(16)11(19)17-9-3-5-18(6-4-9)7-12(13,14)15/h8-10H,3-7,16H2,1-2H3,(H,17,19)/t10-/m0/s1. The van der Waals surface area contributed by atoms with Gasteiger partial charge in [0.1, 0.15) is 0 Å². The molecule has 0 bridgehead atoms. The van der Waals surface area contributed by atoms with E-state index in [9.17, 15) is 18.0 Å². The number of nitrogens with two attached hydrogens (primary N) is 1. The molecule has 0 radical (unpaired) electrons. The molecule has 0 saturated carbocycles. The van der Waals surface area contributed by atoms with Crippen molar-refractivity contribution in [2.75, 3.05) is 19.6 Å². The normalized spacial score (nSPS) is 20.6. The zero-order valence-corrected chi connectivity index (χ0v) is 11.3. The lowest BCUT2D eigenvalue weighted by Crippen LogP contribution is -2.51. The lowest BCUT2D eigenvalue weighted by atomic mass is 10.0. The minimum Gasteiger partial charge on any atom is -0.352 e. The van der Waals surface area contributed by atoms with Gasteiger partial charge in [0.25, 0.3) is 0 Å². The highest BCUT2D eigenvalue weighted by Crippen LogP contribution is 2.19. The molecule has 1 aliphatic heterocycles. The molecule has 3 N–H and O–H groups in total. The largest absolute Gasteiger partial charge is 0.401 e.